The van der Waals surface area contributed by atoms with Gasteiger partial charge in [0.05, 0.1) is 12.5 Å². The summed E-state index contributed by atoms with van der Waals surface area (Å²) in [5.41, 5.74) is 0. The van der Waals surface area contributed by atoms with Crippen molar-refractivity contribution in [2.45, 2.75) is 45.2 Å². The number of carbonyl (C=O) groups excluding carboxylic acids is 2. The summed E-state index contributed by atoms with van der Waals surface area (Å²) in [6, 6.07) is -0.213. The third-order valence-electron chi connectivity index (χ3n) is 3.40. The summed E-state index contributed by atoms with van der Waals surface area (Å²) in [6.07, 6.45) is 2.74. The van der Waals surface area contributed by atoms with Gasteiger partial charge in [-0.2, -0.15) is 0 Å². The van der Waals surface area contributed by atoms with Crippen LogP contribution in [-0.4, -0.2) is 48.4 Å². The lowest BCUT2D eigenvalue weighted by Gasteiger charge is -2.33. The first-order chi connectivity index (χ1) is 8.56. The van der Waals surface area contributed by atoms with Crippen LogP contribution in [0, 0.1) is 5.92 Å². The molecule has 0 aromatic heterocycles. The minimum atomic E-state index is -0.337. The van der Waals surface area contributed by atoms with E-state index >= 15 is 0 Å². The van der Waals surface area contributed by atoms with E-state index in [0.717, 1.165) is 19.6 Å². The molecule has 5 nitrogen and oxygen atoms in total. The van der Waals surface area contributed by atoms with Gasteiger partial charge < -0.3 is 15.5 Å². The normalized spacial score (nSPS) is 23.2. The van der Waals surface area contributed by atoms with Crippen LogP contribution in [-0.2, 0) is 9.59 Å². The van der Waals surface area contributed by atoms with E-state index in [-0.39, 0.29) is 42.7 Å². The summed E-state index contributed by atoms with van der Waals surface area (Å²) in [4.78, 5) is 25.8. The summed E-state index contributed by atoms with van der Waals surface area (Å²) in [5, 5.41) is 5.97. The molecule has 0 bridgehead atoms. The number of nitrogens with one attached hydrogen (secondary N) is 2. The molecule has 2 rings (SSSR count). The fraction of sp³-hybridized carbons (Fsp3) is 0.846. The summed E-state index contributed by atoms with van der Waals surface area (Å²) < 4.78 is 0. The first-order valence-corrected chi connectivity index (χ1v) is 6.88. The van der Waals surface area contributed by atoms with E-state index in [1.54, 1.807) is 0 Å². The van der Waals surface area contributed by atoms with E-state index in [9.17, 15) is 9.59 Å². The maximum Gasteiger partial charge on any atom is 0.240 e. The highest BCUT2D eigenvalue weighted by Crippen LogP contribution is 2.30. The molecule has 0 radical (unpaired) electrons. The number of piperazine rings is 1. The van der Waals surface area contributed by atoms with Gasteiger partial charge in [-0.1, -0.05) is 0 Å². The van der Waals surface area contributed by atoms with Crippen LogP contribution >= 0.6 is 12.4 Å². The number of halogens is 1. The van der Waals surface area contributed by atoms with Gasteiger partial charge in [-0.05, 0) is 32.6 Å². The number of nitrogens with zero attached hydrogens (tertiary/aromatic N) is 1. The van der Waals surface area contributed by atoms with Crippen LogP contribution in [0.1, 0.15) is 33.1 Å². The average molecular weight is 290 g/mol. The lowest BCUT2D eigenvalue weighted by atomic mass is 10.1. The molecular weight excluding hydrogens is 266 g/mol. The Kier molecular flexibility index (Phi) is 6.07. The third-order valence-corrected chi connectivity index (χ3v) is 3.40. The molecule has 1 saturated carbocycles. The molecule has 2 aliphatic rings. The van der Waals surface area contributed by atoms with Crippen LogP contribution in [0.25, 0.3) is 0 Å². The Labute approximate surface area is 120 Å². The molecule has 1 atom stereocenters. The Morgan fingerprint density at radius 3 is 2.74 bits per heavy atom. The van der Waals surface area contributed by atoms with Crippen molar-refractivity contribution in [2.24, 2.45) is 5.92 Å². The van der Waals surface area contributed by atoms with Crippen LogP contribution in [0.2, 0.25) is 0 Å². The van der Waals surface area contributed by atoms with E-state index in [2.05, 4.69) is 10.6 Å². The van der Waals surface area contributed by atoms with Crippen molar-refractivity contribution in [1.82, 2.24) is 15.5 Å². The Morgan fingerprint density at radius 2 is 2.16 bits per heavy atom. The molecule has 1 aliphatic heterocycles. The zero-order valence-corrected chi connectivity index (χ0v) is 12.5. The van der Waals surface area contributed by atoms with Gasteiger partial charge in [0.15, 0.2) is 0 Å². The van der Waals surface area contributed by atoms with Crippen LogP contribution in [0.3, 0.4) is 0 Å². The third kappa shape index (κ3) is 4.99. The van der Waals surface area contributed by atoms with Gasteiger partial charge in [0.25, 0.3) is 0 Å². The molecule has 1 aliphatic carbocycles. The molecule has 110 valence electrons. The highest BCUT2D eigenvalue weighted by Gasteiger charge is 2.33. The van der Waals surface area contributed by atoms with Crippen molar-refractivity contribution in [2.75, 3.05) is 19.6 Å². The molecule has 2 fully saturated rings. The fourth-order valence-corrected chi connectivity index (χ4v) is 2.31. The second-order valence-corrected chi connectivity index (χ2v) is 5.66. The first-order valence-electron chi connectivity index (χ1n) is 6.88. The monoisotopic (exact) mass is 289 g/mol. The van der Waals surface area contributed by atoms with Gasteiger partial charge >= 0.3 is 0 Å². The molecule has 0 spiro atoms. The zero-order chi connectivity index (χ0) is 13.1. The predicted octanol–water partition coefficient (Wildman–Crippen LogP) is 0.533. The highest BCUT2D eigenvalue weighted by atomic mass is 35.5. The number of rotatable bonds is 5. The Balaban J connectivity index is 0.00000180. The Bertz CT molecular complexity index is 332. The molecule has 2 amide bonds. The van der Waals surface area contributed by atoms with Crippen molar-refractivity contribution < 1.29 is 9.59 Å². The summed E-state index contributed by atoms with van der Waals surface area (Å²) in [6.45, 7) is 6.29. The van der Waals surface area contributed by atoms with Crippen molar-refractivity contribution in [3.63, 3.8) is 0 Å². The van der Waals surface area contributed by atoms with Crippen molar-refractivity contribution >= 4 is 24.2 Å². The maximum atomic E-state index is 12.2. The minimum absolute atomic E-state index is 0. The maximum absolute atomic E-state index is 12.2. The fourth-order valence-electron chi connectivity index (χ4n) is 2.31. The second kappa shape index (κ2) is 7.10. The lowest BCUT2D eigenvalue weighted by molar-refractivity contribution is -0.138. The zero-order valence-electron chi connectivity index (χ0n) is 11.6. The molecule has 19 heavy (non-hydrogen) atoms. The van der Waals surface area contributed by atoms with Gasteiger partial charge in [0.2, 0.25) is 11.8 Å². The van der Waals surface area contributed by atoms with Crippen LogP contribution in [0.5, 0.6) is 0 Å². The van der Waals surface area contributed by atoms with E-state index in [1.165, 1.54) is 12.8 Å². The molecule has 1 heterocycles. The first kappa shape index (κ1) is 16.2. The molecule has 0 aromatic rings. The quantitative estimate of drug-likeness (QED) is 0.776. The van der Waals surface area contributed by atoms with Crippen LogP contribution in [0.4, 0.5) is 0 Å². The molecule has 1 unspecified atom stereocenters. The number of amides is 2. The van der Waals surface area contributed by atoms with Gasteiger partial charge in [0, 0.05) is 25.7 Å². The summed E-state index contributed by atoms with van der Waals surface area (Å²) in [5.74, 6) is 0.744. The van der Waals surface area contributed by atoms with Crippen molar-refractivity contribution in [1.29, 1.82) is 0 Å². The van der Waals surface area contributed by atoms with E-state index in [4.69, 9.17) is 0 Å². The molecule has 1 saturated heterocycles. The molecule has 0 aromatic carbocycles. The Morgan fingerprint density at radius 1 is 1.47 bits per heavy atom. The SMILES string of the molecule is CC(C)NC(=O)CC1NCCN(CC2CC2)C1=O.Cl. The van der Waals surface area contributed by atoms with Gasteiger partial charge in [-0.15, -0.1) is 12.4 Å². The largest absolute Gasteiger partial charge is 0.354 e. The Hall–Kier alpha value is -0.810. The number of hydrogen-bond acceptors (Lipinski definition) is 3. The standard InChI is InChI=1S/C13H23N3O2.ClH/c1-9(2)15-12(17)7-11-13(18)16(6-5-14-11)8-10-3-4-10;/h9-11,14H,3-8H2,1-2H3,(H,15,17);1H. The second-order valence-electron chi connectivity index (χ2n) is 5.66. The van der Waals surface area contributed by atoms with Crippen molar-refractivity contribution in [3.8, 4) is 0 Å². The van der Waals surface area contributed by atoms with E-state index < -0.39 is 0 Å². The van der Waals surface area contributed by atoms with Gasteiger partial charge in [0.1, 0.15) is 0 Å². The highest BCUT2D eigenvalue weighted by molar-refractivity contribution is 5.89. The number of hydrogen-bond donors (Lipinski definition) is 2. The van der Waals surface area contributed by atoms with E-state index in [1.807, 2.05) is 18.7 Å². The van der Waals surface area contributed by atoms with Gasteiger partial charge in [-0.3, -0.25) is 9.59 Å². The molecular formula is C13H24ClN3O2. The molecule has 6 heteroatoms. The topological polar surface area (TPSA) is 61.4 Å². The summed E-state index contributed by atoms with van der Waals surface area (Å²) >= 11 is 0. The predicted molar refractivity (Wildman–Crippen MR) is 76.2 cm³/mol. The van der Waals surface area contributed by atoms with E-state index in [0.29, 0.717) is 5.92 Å². The van der Waals surface area contributed by atoms with Crippen molar-refractivity contribution in [3.05, 3.63) is 0 Å². The van der Waals surface area contributed by atoms with Crippen LogP contribution in [0.15, 0.2) is 0 Å². The molecule has 2 N–H and O–H groups in total. The average Bonchev–Trinajstić information content (AvgIpc) is 3.06. The minimum Gasteiger partial charge on any atom is -0.354 e. The van der Waals surface area contributed by atoms with Crippen LogP contribution < -0.4 is 10.6 Å². The lowest BCUT2D eigenvalue weighted by Crippen LogP contribution is -2.56. The summed E-state index contributed by atoms with van der Waals surface area (Å²) in [7, 11) is 0. The van der Waals surface area contributed by atoms with Gasteiger partial charge in [-0.25, -0.2) is 0 Å². The number of carbonyl (C=O) groups is 2. The smallest absolute Gasteiger partial charge is 0.240 e.